The minimum Gasteiger partial charge on any atom is -0.491 e. The Morgan fingerprint density at radius 3 is 2.62 bits per heavy atom. The number of carbonyl (C=O) groups excluding carboxylic acids is 1. The fourth-order valence-corrected chi connectivity index (χ4v) is 1.81. The van der Waals surface area contributed by atoms with Gasteiger partial charge in [-0.05, 0) is 17.7 Å². The van der Waals surface area contributed by atoms with Gasteiger partial charge in [0.25, 0.3) is 0 Å². The maximum Gasteiger partial charge on any atom is 0.150 e. The second kappa shape index (κ2) is 8.19. The van der Waals surface area contributed by atoms with Crippen molar-refractivity contribution in [2.45, 2.75) is 12.7 Å². The summed E-state index contributed by atoms with van der Waals surface area (Å²) < 4.78 is 10.9. The molecule has 0 saturated carbocycles. The highest BCUT2D eigenvalue weighted by Gasteiger charge is 2.06. The standard InChI is InChI=1S/C17H18O4/c18-10-15-7-4-8-17(9-15)21-13-16(19)12-20-11-14-5-2-1-3-6-14/h1-10,16,19H,11-13H2/t16-/m1/s1. The van der Waals surface area contributed by atoms with Gasteiger partial charge in [0.15, 0.2) is 0 Å². The molecule has 2 aromatic carbocycles. The van der Waals surface area contributed by atoms with Gasteiger partial charge in [0, 0.05) is 5.56 Å². The zero-order chi connectivity index (χ0) is 14.9. The highest BCUT2D eigenvalue weighted by Crippen LogP contribution is 2.12. The van der Waals surface area contributed by atoms with Crippen LogP contribution in [0.5, 0.6) is 5.75 Å². The SMILES string of the molecule is O=Cc1cccc(OC[C@H](O)COCc2ccccc2)c1. The molecule has 4 heteroatoms. The second-order valence-corrected chi connectivity index (χ2v) is 4.66. The number of aliphatic hydroxyl groups excluding tert-OH is 1. The van der Waals surface area contributed by atoms with E-state index in [9.17, 15) is 9.90 Å². The quantitative estimate of drug-likeness (QED) is 0.757. The van der Waals surface area contributed by atoms with Crippen LogP contribution >= 0.6 is 0 Å². The van der Waals surface area contributed by atoms with Gasteiger partial charge in [-0.1, -0.05) is 42.5 Å². The molecule has 1 atom stereocenters. The normalized spacial score (nSPS) is 11.9. The number of carbonyl (C=O) groups is 1. The van der Waals surface area contributed by atoms with Crippen molar-refractivity contribution in [3.63, 3.8) is 0 Å². The molecule has 2 rings (SSSR count). The molecule has 0 heterocycles. The van der Waals surface area contributed by atoms with E-state index in [0.717, 1.165) is 11.8 Å². The van der Waals surface area contributed by atoms with Crippen LogP contribution in [0.15, 0.2) is 54.6 Å². The number of hydrogen-bond acceptors (Lipinski definition) is 4. The highest BCUT2D eigenvalue weighted by atomic mass is 16.5. The third kappa shape index (κ3) is 5.38. The molecule has 0 aliphatic carbocycles. The van der Waals surface area contributed by atoms with Crippen molar-refractivity contribution >= 4 is 6.29 Å². The minimum absolute atomic E-state index is 0.122. The van der Waals surface area contributed by atoms with Gasteiger partial charge >= 0.3 is 0 Å². The molecular weight excluding hydrogens is 268 g/mol. The lowest BCUT2D eigenvalue weighted by molar-refractivity contribution is 0.00548. The van der Waals surface area contributed by atoms with Gasteiger partial charge in [-0.15, -0.1) is 0 Å². The summed E-state index contributed by atoms with van der Waals surface area (Å²) in [4.78, 5) is 10.6. The Hall–Kier alpha value is -2.17. The molecular formula is C17H18O4. The Bertz CT molecular complexity index is 554. The maximum absolute atomic E-state index is 10.6. The number of aldehydes is 1. The van der Waals surface area contributed by atoms with Crippen LogP contribution in [0.4, 0.5) is 0 Å². The predicted octanol–water partition coefficient (Wildman–Crippen LogP) is 2.46. The third-order valence-corrected chi connectivity index (χ3v) is 2.86. The first kappa shape index (κ1) is 15.2. The summed E-state index contributed by atoms with van der Waals surface area (Å²) in [6.07, 6.45) is 0.0420. The summed E-state index contributed by atoms with van der Waals surface area (Å²) in [7, 11) is 0. The van der Waals surface area contributed by atoms with E-state index in [1.807, 2.05) is 30.3 Å². The van der Waals surface area contributed by atoms with Gasteiger partial charge in [-0.2, -0.15) is 0 Å². The van der Waals surface area contributed by atoms with E-state index in [0.29, 0.717) is 17.9 Å². The Morgan fingerprint density at radius 1 is 1.05 bits per heavy atom. The molecule has 0 aliphatic rings. The Labute approximate surface area is 123 Å². The first-order valence-corrected chi connectivity index (χ1v) is 6.75. The van der Waals surface area contributed by atoms with Crippen molar-refractivity contribution in [3.8, 4) is 5.75 Å². The summed E-state index contributed by atoms with van der Waals surface area (Å²) in [5.41, 5.74) is 1.60. The molecule has 110 valence electrons. The van der Waals surface area contributed by atoms with Gasteiger partial charge < -0.3 is 14.6 Å². The molecule has 4 nitrogen and oxygen atoms in total. The molecule has 1 N–H and O–H groups in total. The zero-order valence-electron chi connectivity index (χ0n) is 11.6. The molecule has 0 radical (unpaired) electrons. The maximum atomic E-state index is 10.6. The molecule has 0 saturated heterocycles. The molecule has 21 heavy (non-hydrogen) atoms. The Balaban J connectivity index is 1.69. The third-order valence-electron chi connectivity index (χ3n) is 2.86. The van der Waals surface area contributed by atoms with Crippen LogP contribution in [-0.2, 0) is 11.3 Å². The highest BCUT2D eigenvalue weighted by molar-refractivity contribution is 5.75. The fourth-order valence-electron chi connectivity index (χ4n) is 1.81. The van der Waals surface area contributed by atoms with E-state index in [-0.39, 0.29) is 13.2 Å². The number of hydrogen-bond donors (Lipinski definition) is 1. The molecule has 0 bridgehead atoms. The average molecular weight is 286 g/mol. The van der Waals surface area contributed by atoms with Crippen LogP contribution in [0.1, 0.15) is 15.9 Å². The monoisotopic (exact) mass is 286 g/mol. The molecule has 2 aromatic rings. The van der Waals surface area contributed by atoms with Gasteiger partial charge in [0.05, 0.1) is 13.2 Å². The van der Waals surface area contributed by atoms with Crippen molar-refractivity contribution in [2.24, 2.45) is 0 Å². The van der Waals surface area contributed by atoms with Gasteiger partial charge in [-0.3, -0.25) is 4.79 Å². The topological polar surface area (TPSA) is 55.8 Å². The summed E-state index contributed by atoms with van der Waals surface area (Å²) >= 11 is 0. The van der Waals surface area contributed by atoms with Crippen LogP contribution in [0.2, 0.25) is 0 Å². The van der Waals surface area contributed by atoms with Crippen LogP contribution in [-0.4, -0.2) is 30.7 Å². The summed E-state index contributed by atoms with van der Waals surface area (Å²) in [6, 6.07) is 16.6. The number of benzene rings is 2. The van der Waals surface area contributed by atoms with Crippen molar-refractivity contribution in [1.82, 2.24) is 0 Å². The van der Waals surface area contributed by atoms with Crippen LogP contribution in [0.3, 0.4) is 0 Å². The van der Waals surface area contributed by atoms with Crippen LogP contribution in [0.25, 0.3) is 0 Å². The summed E-state index contributed by atoms with van der Waals surface area (Å²) in [5.74, 6) is 0.557. The second-order valence-electron chi connectivity index (χ2n) is 4.66. The van der Waals surface area contributed by atoms with Gasteiger partial charge in [0.2, 0.25) is 0 Å². The van der Waals surface area contributed by atoms with Crippen molar-refractivity contribution in [2.75, 3.05) is 13.2 Å². The fraction of sp³-hybridized carbons (Fsp3) is 0.235. The number of ether oxygens (including phenoxy) is 2. The van der Waals surface area contributed by atoms with Crippen molar-refractivity contribution in [1.29, 1.82) is 0 Å². The predicted molar refractivity (Wildman–Crippen MR) is 79.4 cm³/mol. The molecule has 0 amide bonds. The first-order valence-electron chi connectivity index (χ1n) is 6.75. The minimum atomic E-state index is -0.714. The number of rotatable bonds is 8. The van der Waals surface area contributed by atoms with E-state index in [4.69, 9.17) is 9.47 Å². The number of aliphatic hydroxyl groups is 1. The van der Waals surface area contributed by atoms with Crippen LogP contribution < -0.4 is 4.74 Å². The molecule has 0 aliphatic heterocycles. The first-order chi connectivity index (χ1) is 10.3. The zero-order valence-corrected chi connectivity index (χ0v) is 11.6. The smallest absolute Gasteiger partial charge is 0.150 e. The summed E-state index contributed by atoms with van der Waals surface area (Å²) in [5, 5.41) is 9.80. The van der Waals surface area contributed by atoms with Gasteiger partial charge in [0.1, 0.15) is 24.7 Å². The van der Waals surface area contributed by atoms with Crippen LogP contribution in [0, 0.1) is 0 Å². The lowest BCUT2D eigenvalue weighted by atomic mass is 10.2. The largest absolute Gasteiger partial charge is 0.491 e. The lowest BCUT2D eigenvalue weighted by Crippen LogP contribution is -2.23. The average Bonchev–Trinajstić information content (AvgIpc) is 2.54. The molecule has 0 unspecified atom stereocenters. The Morgan fingerprint density at radius 2 is 1.86 bits per heavy atom. The van der Waals surface area contributed by atoms with E-state index in [2.05, 4.69) is 0 Å². The summed E-state index contributed by atoms with van der Waals surface area (Å²) in [6.45, 7) is 0.776. The molecule has 0 aromatic heterocycles. The molecule has 0 spiro atoms. The molecule has 0 fully saturated rings. The van der Waals surface area contributed by atoms with E-state index < -0.39 is 6.10 Å². The van der Waals surface area contributed by atoms with E-state index >= 15 is 0 Å². The lowest BCUT2D eigenvalue weighted by Gasteiger charge is -2.13. The Kier molecular flexibility index (Phi) is 5.94. The van der Waals surface area contributed by atoms with E-state index in [1.165, 1.54) is 0 Å². The van der Waals surface area contributed by atoms with E-state index in [1.54, 1.807) is 24.3 Å². The van der Waals surface area contributed by atoms with Gasteiger partial charge in [-0.25, -0.2) is 0 Å². The van der Waals surface area contributed by atoms with Crippen molar-refractivity contribution in [3.05, 3.63) is 65.7 Å². The van der Waals surface area contributed by atoms with Crippen molar-refractivity contribution < 1.29 is 19.4 Å².